The van der Waals surface area contributed by atoms with Gasteiger partial charge in [0, 0.05) is 16.2 Å². The highest BCUT2D eigenvalue weighted by Gasteiger charge is 2.60. The number of fused-ring (bicyclic) bond motifs is 5. The average Bonchev–Trinajstić information content (AvgIpc) is 2.86. The molecular formula is C21H34O2Si. The maximum atomic E-state index is 12.2. The summed E-state index contributed by atoms with van der Waals surface area (Å²) in [4.78, 5) is 12.2. The van der Waals surface area contributed by atoms with Crippen molar-refractivity contribution >= 4 is 16.0 Å². The van der Waals surface area contributed by atoms with Gasteiger partial charge in [-0.25, -0.2) is 0 Å². The van der Waals surface area contributed by atoms with E-state index in [1.54, 1.807) is 5.57 Å². The van der Waals surface area contributed by atoms with Crippen molar-refractivity contribution < 1.29 is 9.90 Å². The Morgan fingerprint density at radius 3 is 2.71 bits per heavy atom. The van der Waals surface area contributed by atoms with Crippen molar-refractivity contribution in [3.8, 4) is 0 Å². The van der Waals surface area contributed by atoms with E-state index in [-0.39, 0.29) is 11.5 Å². The van der Waals surface area contributed by atoms with E-state index in [9.17, 15) is 9.90 Å². The number of carbonyl (C=O) groups is 1. The highest BCUT2D eigenvalue weighted by molar-refractivity contribution is 6.12. The van der Waals surface area contributed by atoms with Crippen LogP contribution in [0.1, 0.15) is 65.7 Å². The van der Waals surface area contributed by atoms with Crippen molar-refractivity contribution in [2.45, 2.75) is 77.4 Å². The molecule has 0 aromatic carbocycles. The van der Waals surface area contributed by atoms with Gasteiger partial charge in [0.2, 0.25) is 0 Å². The molecule has 1 N–H and O–H groups in total. The molecule has 3 saturated carbocycles. The van der Waals surface area contributed by atoms with Crippen molar-refractivity contribution in [2.75, 3.05) is 0 Å². The Bertz CT molecular complexity index is 584. The van der Waals surface area contributed by atoms with Gasteiger partial charge in [0.1, 0.15) is 5.78 Å². The van der Waals surface area contributed by atoms with E-state index in [0.29, 0.717) is 22.7 Å². The molecule has 0 bridgehead atoms. The van der Waals surface area contributed by atoms with Gasteiger partial charge in [-0.1, -0.05) is 25.5 Å². The van der Waals surface area contributed by atoms with E-state index >= 15 is 0 Å². The van der Waals surface area contributed by atoms with Gasteiger partial charge in [0.15, 0.2) is 0 Å². The molecule has 0 heterocycles. The van der Waals surface area contributed by atoms with Gasteiger partial charge in [-0.05, 0) is 86.0 Å². The van der Waals surface area contributed by atoms with E-state index in [2.05, 4.69) is 19.9 Å². The maximum Gasteiger partial charge on any atom is 0.133 e. The molecule has 0 amide bonds. The Hall–Kier alpha value is -0.413. The predicted molar refractivity (Wildman–Crippen MR) is 101 cm³/mol. The van der Waals surface area contributed by atoms with Crippen LogP contribution in [0.4, 0.5) is 0 Å². The molecule has 0 aliphatic heterocycles. The highest BCUT2D eigenvalue weighted by atomic mass is 28.1. The van der Waals surface area contributed by atoms with Crippen LogP contribution in [-0.2, 0) is 4.79 Å². The smallest absolute Gasteiger partial charge is 0.133 e. The molecule has 0 aromatic heterocycles. The van der Waals surface area contributed by atoms with E-state index in [4.69, 9.17) is 0 Å². The summed E-state index contributed by atoms with van der Waals surface area (Å²) >= 11 is 0. The molecule has 2 nitrogen and oxygen atoms in total. The number of hydrogen-bond donors (Lipinski definition) is 1. The summed E-state index contributed by atoms with van der Waals surface area (Å²) in [5.41, 5.74) is 2.87. The molecule has 24 heavy (non-hydrogen) atoms. The van der Waals surface area contributed by atoms with Gasteiger partial charge in [0.25, 0.3) is 0 Å². The van der Waals surface area contributed by atoms with Crippen LogP contribution in [0.5, 0.6) is 0 Å². The summed E-state index contributed by atoms with van der Waals surface area (Å²) in [6, 6.07) is 0. The number of Topliss-reactive ketones (excluding diaryl/α,β-unsaturated/α-hetero) is 1. The van der Waals surface area contributed by atoms with Gasteiger partial charge in [-0.15, -0.1) is 0 Å². The topological polar surface area (TPSA) is 37.3 Å². The molecule has 134 valence electrons. The van der Waals surface area contributed by atoms with E-state index in [1.165, 1.54) is 35.9 Å². The van der Waals surface area contributed by atoms with Crippen LogP contribution in [0.3, 0.4) is 0 Å². The highest BCUT2D eigenvalue weighted by Crippen LogP contribution is 2.67. The second-order valence-corrected chi connectivity index (χ2v) is 11.3. The lowest BCUT2D eigenvalue weighted by atomic mass is 9.47. The van der Waals surface area contributed by atoms with Gasteiger partial charge in [-0.2, -0.15) is 0 Å². The van der Waals surface area contributed by atoms with Crippen molar-refractivity contribution in [1.29, 1.82) is 0 Å². The largest absolute Gasteiger partial charge is 0.393 e. The van der Waals surface area contributed by atoms with Crippen molar-refractivity contribution in [3.05, 3.63) is 11.6 Å². The third-order valence-corrected chi connectivity index (χ3v) is 10.8. The standard InChI is InChI=1S/C21H34O2Si/c1-12(22)16-6-7-17-15-5-4-13-10-14(23)11-19(24)21(13,3)18(15)8-9-20(16,17)2/h4,14-19,23H,5-11H2,1-3,24H3/t14?,15-,16+,17-,18-,19?,20+,21-/m0/s1. The van der Waals surface area contributed by atoms with Crippen LogP contribution in [0.2, 0.25) is 5.54 Å². The summed E-state index contributed by atoms with van der Waals surface area (Å²) < 4.78 is 0. The van der Waals surface area contributed by atoms with Gasteiger partial charge in [0.05, 0.1) is 6.10 Å². The van der Waals surface area contributed by atoms with Crippen LogP contribution >= 0.6 is 0 Å². The fraction of sp³-hybridized carbons (Fsp3) is 0.857. The normalized spacial score (nSPS) is 53.8. The molecule has 3 fully saturated rings. The van der Waals surface area contributed by atoms with E-state index in [0.717, 1.165) is 37.0 Å². The van der Waals surface area contributed by atoms with Crippen molar-refractivity contribution in [3.63, 3.8) is 0 Å². The molecule has 4 aliphatic rings. The predicted octanol–water partition coefficient (Wildman–Crippen LogP) is 3.28. The van der Waals surface area contributed by atoms with Crippen LogP contribution < -0.4 is 0 Å². The second-order valence-electron chi connectivity index (χ2n) is 9.90. The van der Waals surface area contributed by atoms with E-state index in [1.807, 2.05) is 6.92 Å². The molecular weight excluding hydrogens is 312 g/mol. The summed E-state index contributed by atoms with van der Waals surface area (Å²) in [5, 5.41) is 10.3. The maximum absolute atomic E-state index is 12.2. The molecule has 0 aromatic rings. The van der Waals surface area contributed by atoms with Crippen molar-refractivity contribution in [2.24, 2.45) is 34.5 Å². The lowest BCUT2D eigenvalue weighted by Crippen LogP contribution is -2.52. The number of aliphatic hydroxyl groups excluding tert-OH is 1. The van der Waals surface area contributed by atoms with Gasteiger partial charge >= 0.3 is 0 Å². The minimum absolute atomic E-state index is 0.106. The molecule has 2 unspecified atom stereocenters. The summed E-state index contributed by atoms with van der Waals surface area (Å²) in [6.45, 7) is 6.78. The number of allylic oxidation sites excluding steroid dienone is 1. The molecule has 0 saturated heterocycles. The Kier molecular flexibility index (Phi) is 3.93. The second kappa shape index (κ2) is 5.54. The molecule has 4 aliphatic carbocycles. The van der Waals surface area contributed by atoms with Crippen LogP contribution in [0.15, 0.2) is 11.6 Å². The quantitative estimate of drug-likeness (QED) is 0.584. The molecule has 0 radical (unpaired) electrons. The van der Waals surface area contributed by atoms with Crippen LogP contribution in [0, 0.1) is 34.5 Å². The molecule has 0 spiro atoms. The number of carbonyl (C=O) groups excluding carboxylic acids is 1. The minimum Gasteiger partial charge on any atom is -0.393 e. The first kappa shape index (κ1) is 17.0. The first-order chi connectivity index (χ1) is 11.3. The third-order valence-electron chi connectivity index (χ3n) is 9.13. The van der Waals surface area contributed by atoms with Crippen molar-refractivity contribution in [1.82, 2.24) is 0 Å². The van der Waals surface area contributed by atoms with Gasteiger partial charge < -0.3 is 5.11 Å². The number of hydrogen-bond acceptors (Lipinski definition) is 2. The number of aliphatic hydroxyl groups is 1. The average molecular weight is 347 g/mol. The van der Waals surface area contributed by atoms with Crippen LogP contribution in [0.25, 0.3) is 0 Å². The molecule has 8 atom stereocenters. The zero-order valence-corrected chi connectivity index (χ0v) is 17.8. The zero-order chi connectivity index (χ0) is 17.3. The molecule has 3 heteroatoms. The molecule has 4 rings (SSSR count). The first-order valence-corrected chi connectivity index (χ1v) is 11.3. The fourth-order valence-electron chi connectivity index (χ4n) is 7.74. The van der Waals surface area contributed by atoms with E-state index < -0.39 is 0 Å². The van der Waals surface area contributed by atoms with Gasteiger partial charge in [-0.3, -0.25) is 4.79 Å². The monoisotopic (exact) mass is 346 g/mol. The number of rotatable bonds is 1. The Balaban J connectivity index is 1.69. The Morgan fingerprint density at radius 1 is 1.25 bits per heavy atom. The summed E-state index contributed by atoms with van der Waals surface area (Å²) in [5.74, 6) is 3.03. The number of ketones is 1. The van der Waals surface area contributed by atoms with Crippen LogP contribution in [-0.4, -0.2) is 27.2 Å². The summed E-state index contributed by atoms with van der Waals surface area (Å²) in [6.07, 6.45) is 10.4. The lowest BCUT2D eigenvalue weighted by Gasteiger charge is -2.60. The fourth-order valence-corrected chi connectivity index (χ4v) is 9.08. The minimum atomic E-state index is -0.106. The summed E-state index contributed by atoms with van der Waals surface area (Å²) in [7, 11) is 1.18. The third kappa shape index (κ3) is 2.13. The Labute approximate surface area is 149 Å². The lowest BCUT2D eigenvalue weighted by molar-refractivity contribution is -0.127. The Morgan fingerprint density at radius 2 is 2.00 bits per heavy atom. The first-order valence-electron chi connectivity index (χ1n) is 10.2. The zero-order valence-electron chi connectivity index (χ0n) is 15.8. The SMILES string of the molecule is CC(=O)[C@H]1CC[C@H]2[C@@H]3CC=C4CC(O)CC([SiH3])[C@]4(C)[C@H]3CC[C@]12C.